The Balaban J connectivity index is 2.59. The van der Waals surface area contributed by atoms with Crippen molar-refractivity contribution in [3.8, 4) is 0 Å². The Kier molecular flexibility index (Phi) is 3.25. The molecule has 0 aliphatic rings. The van der Waals surface area contributed by atoms with Crippen LogP contribution in [-0.2, 0) is 6.42 Å². The number of aryl methyl sites for hydroxylation is 1. The van der Waals surface area contributed by atoms with Gasteiger partial charge in [-0.1, -0.05) is 19.1 Å². The first-order valence-corrected chi connectivity index (χ1v) is 5.93. The van der Waals surface area contributed by atoms with Crippen molar-refractivity contribution in [2.45, 2.75) is 32.7 Å². The van der Waals surface area contributed by atoms with Gasteiger partial charge in [0.2, 0.25) is 0 Å². The van der Waals surface area contributed by atoms with E-state index in [2.05, 4.69) is 41.6 Å². The topological polar surface area (TPSA) is 43.8 Å². The summed E-state index contributed by atoms with van der Waals surface area (Å²) in [6.45, 7) is 4.97. The van der Waals surface area contributed by atoms with Crippen LogP contribution in [-0.4, -0.2) is 16.1 Å². The second-order valence-electron chi connectivity index (χ2n) is 4.22. The smallest absolute Gasteiger partial charge is 0.110 e. The zero-order valence-electron chi connectivity index (χ0n) is 9.98. The van der Waals surface area contributed by atoms with Crippen molar-refractivity contribution in [3.63, 3.8) is 0 Å². The first kappa shape index (κ1) is 11.1. The molecule has 1 aromatic carbocycles. The summed E-state index contributed by atoms with van der Waals surface area (Å²) in [5.41, 5.74) is 8.04. The van der Waals surface area contributed by atoms with Crippen molar-refractivity contribution >= 4 is 11.0 Å². The number of nitrogens with zero attached hydrogens (tertiary/aromatic N) is 2. The Morgan fingerprint density at radius 1 is 1.38 bits per heavy atom. The Labute approximate surface area is 96.3 Å². The van der Waals surface area contributed by atoms with E-state index < -0.39 is 0 Å². The van der Waals surface area contributed by atoms with Crippen LogP contribution in [0.3, 0.4) is 0 Å². The molecule has 1 atom stereocenters. The molecule has 86 valence electrons. The molecular formula is C13H19N3. The number of hydrogen-bond acceptors (Lipinski definition) is 2. The van der Waals surface area contributed by atoms with Gasteiger partial charge < -0.3 is 10.3 Å². The average molecular weight is 217 g/mol. The molecule has 0 saturated heterocycles. The van der Waals surface area contributed by atoms with Gasteiger partial charge in [0.1, 0.15) is 5.82 Å². The van der Waals surface area contributed by atoms with Crippen LogP contribution < -0.4 is 5.73 Å². The Hall–Kier alpha value is -1.35. The van der Waals surface area contributed by atoms with E-state index in [1.807, 2.05) is 6.07 Å². The van der Waals surface area contributed by atoms with E-state index in [-0.39, 0.29) is 0 Å². The van der Waals surface area contributed by atoms with Crippen LogP contribution in [0.2, 0.25) is 0 Å². The number of nitrogens with two attached hydrogens (primary N) is 1. The molecule has 0 fully saturated rings. The van der Waals surface area contributed by atoms with Gasteiger partial charge in [-0.3, -0.25) is 0 Å². The van der Waals surface area contributed by atoms with Crippen LogP contribution in [0.4, 0.5) is 0 Å². The number of fused-ring (bicyclic) bond motifs is 1. The highest BCUT2D eigenvalue weighted by molar-refractivity contribution is 5.76. The lowest BCUT2D eigenvalue weighted by Crippen LogP contribution is -2.18. The molecule has 0 bridgehead atoms. The highest BCUT2D eigenvalue weighted by Gasteiger charge is 2.13. The number of hydrogen-bond donors (Lipinski definition) is 1. The van der Waals surface area contributed by atoms with Gasteiger partial charge in [-0.25, -0.2) is 4.98 Å². The molecule has 16 heavy (non-hydrogen) atoms. The van der Waals surface area contributed by atoms with Gasteiger partial charge in [-0.15, -0.1) is 0 Å². The molecule has 3 nitrogen and oxygen atoms in total. The fourth-order valence-corrected chi connectivity index (χ4v) is 2.09. The standard InChI is InChI=1S/C13H19N3/c1-3-6-13-15-11-7-4-5-8-12(11)16(13)10(2)9-14/h4-5,7-8,10H,3,6,9,14H2,1-2H3. The molecule has 0 amide bonds. The van der Waals surface area contributed by atoms with Crippen LogP contribution in [0.15, 0.2) is 24.3 Å². The minimum absolute atomic E-state index is 0.314. The molecule has 1 heterocycles. The molecule has 0 aliphatic carbocycles. The Bertz CT molecular complexity index is 473. The van der Waals surface area contributed by atoms with E-state index in [1.165, 1.54) is 5.52 Å². The van der Waals surface area contributed by atoms with E-state index in [4.69, 9.17) is 5.73 Å². The van der Waals surface area contributed by atoms with Crippen molar-refractivity contribution in [2.75, 3.05) is 6.54 Å². The van der Waals surface area contributed by atoms with Crippen molar-refractivity contribution in [1.29, 1.82) is 0 Å². The molecule has 0 spiro atoms. The lowest BCUT2D eigenvalue weighted by Gasteiger charge is -2.15. The second-order valence-corrected chi connectivity index (χ2v) is 4.22. The zero-order chi connectivity index (χ0) is 11.5. The molecule has 0 aliphatic heterocycles. The van der Waals surface area contributed by atoms with Crippen molar-refractivity contribution in [1.82, 2.24) is 9.55 Å². The third-order valence-corrected chi connectivity index (χ3v) is 2.92. The highest BCUT2D eigenvalue weighted by atomic mass is 15.1. The molecule has 2 N–H and O–H groups in total. The summed E-state index contributed by atoms with van der Waals surface area (Å²) in [5.74, 6) is 1.15. The first-order valence-electron chi connectivity index (χ1n) is 5.93. The molecule has 2 rings (SSSR count). The third-order valence-electron chi connectivity index (χ3n) is 2.92. The Morgan fingerprint density at radius 3 is 2.81 bits per heavy atom. The van der Waals surface area contributed by atoms with E-state index in [1.54, 1.807) is 0 Å². The monoisotopic (exact) mass is 217 g/mol. The summed E-state index contributed by atoms with van der Waals surface area (Å²) < 4.78 is 2.28. The summed E-state index contributed by atoms with van der Waals surface area (Å²) >= 11 is 0. The molecule has 1 unspecified atom stereocenters. The molecular weight excluding hydrogens is 198 g/mol. The number of aromatic nitrogens is 2. The van der Waals surface area contributed by atoms with Gasteiger partial charge in [-0.05, 0) is 25.5 Å². The second kappa shape index (κ2) is 4.66. The van der Waals surface area contributed by atoms with Crippen molar-refractivity contribution in [3.05, 3.63) is 30.1 Å². The predicted octanol–water partition coefficient (Wildman–Crippen LogP) is 2.51. The highest BCUT2D eigenvalue weighted by Crippen LogP contribution is 2.21. The van der Waals surface area contributed by atoms with Crippen LogP contribution in [0.5, 0.6) is 0 Å². The lowest BCUT2D eigenvalue weighted by atomic mass is 10.2. The van der Waals surface area contributed by atoms with Crippen molar-refractivity contribution in [2.24, 2.45) is 5.73 Å². The largest absolute Gasteiger partial charge is 0.328 e. The predicted molar refractivity (Wildman–Crippen MR) is 67.5 cm³/mol. The first-order chi connectivity index (χ1) is 7.77. The lowest BCUT2D eigenvalue weighted by molar-refractivity contribution is 0.544. The van der Waals surface area contributed by atoms with Crippen LogP contribution in [0, 0.1) is 0 Å². The zero-order valence-corrected chi connectivity index (χ0v) is 9.98. The van der Waals surface area contributed by atoms with E-state index >= 15 is 0 Å². The van der Waals surface area contributed by atoms with Gasteiger partial charge in [0.05, 0.1) is 11.0 Å². The van der Waals surface area contributed by atoms with E-state index in [0.29, 0.717) is 12.6 Å². The summed E-state index contributed by atoms with van der Waals surface area (Å²) in [6, 6.07) is 8.58. The third kappa shape index (κ3) is 1.83. The van der Waals surface area contributed by atoms with Gasteiger partial charge in [0.15, 0.2) is 0 Å². The molecule has 1 aromatic heterocycles. The number of imidazole rings is 1. The van der Waals surface area contributed by atoms with Crippen molar-refractivity contribution < 1.29 is 0 Å². The SMILES string of the molecule is CCCc1nc2ccccc2n1C(C)CN. The maximum Gasteiger partial charge on any atom is 0.110 e. The number of para-hydroxylation sites is 2. The molecule has 0 radical (unpaired) electrons. The molecule has 2 aromatic rings. The number of benzene rings is 1. The van der Waals surface area contributed by atoms with Crippen LogP contribution >= 0.6 is 0 Å². The summed E-state index contributed by atoms with van der Waals surface area (Å²) in [5, 5.41) is 0. The average Bonchev–Trinajstić information content (AvgIpc) is 2.66. The number of rotatable bonds is 4. The fraction of sp³-hybridized carbons (Fsp3) is 0.462. The molecule has 0 saturated carbocycles. The molecule has 3 heteroatoms. The summed E-state index contributed by atoms with van der Waals surface area (Å²) in [4.78, 5) is 4.68. The van der Waals surface area contributed by atoms with E-state index in [9.17, 15) is 0 Å². The van der Waals surface area contributed by atoms with Gasteiger partial charge in [-0.2, -0.15) is 0 Å². The fourth-order valence-electron chi connectivity index (χ4n) is 2.09. The quantitative estimate of drug-likeness (QED) is 0.855. The van der Waals surface area contributed by atoms with Crippen LogP contribution in [0.25, 0.3) is 11.0 Å². The minimum Gasteiger partial charge on any atom is -0.328 e. The Morgan fingerprint density at radius 2 is 2.12 bits per heavy atom. The van der Waals surface area contributed by atoms with Gasteiger partial charge in [0, 0.05) is 19.0 Å². The maximum atomic E-state index is 5.77. The van der Waals surface area contributed by atoms with Gasteiger partial charge in [0.25, 0.3) is 0 Å². The minimum atomic E-state index is 0.314. The summed E-state index contributed by atoms with van der Waals surface area (Å²) in [6.07, 6.45) is 2.12. The normalized spacial score (nSPS) is 13.2. The van der Waals surface area contributed by atoms with E-state index in [0.717, 1.165) is 24.2 Å². The summed E-state index contributed by atoms with van der Waals surface area (Å²) in [7, 11) is 0. The van der Waals surface area contributed by atoms with Crippen LogP contribution in [0.1, 0.15) is 32.1 Å². The van der Waals surface area contributed by atoms with Gasteiger partial charge >= 0.3 is 0 Å². The maximum absolute atomic E-state index is 5.77.